The average molecular weight is 296 g/mol. The molecule has 1 atom stereocenters. The normalized spacial score (nSPS) is 11.9. The van der Waals surface area contributed by atoms with Crippen molar-refractivity contribution in [2.75, 3.05) is 23.9 Å². The predicted octanol–water partition coefficient (Wildman–Crippen LogP) is 3.53. The molecule has 112 valence electrons. The van der Waals surface area contributed by atoms with Gasteiger partial charge in [-0.2, -0.15) is 0 Å². The molecule has 1 aromatic rings. The van der Waals surface area contributed by atoms with Gasteiger partial charge in [0.25, 0.3) is 0 Å². The number of hydrogen-bond acceptors (Lipinski definition) is 4. The second-order valence-corrected chi connectivity index (χ2v) is 6.11. The number of benzene rings is 1. The Morgan fingerprint density at radius 1 is 1.45 bits per heavy atom. The fraction of sp³-hybridized carbons (Fsp3) is 0.533. The number of carbonyl (C=O) groups is 1. The topological polar surface area (TPSA) is 64.3 Å². The number of amides is 1. The van der Waals surface area contributed by atoms with Crippen molar-refractivity contribution in [2.24, 2.45) is 0 Å². The molecule has 1 unspecified atom stereocenters. The lowest BCUT2D eigenvalue weighted by Gasteiger charge is -2.14. The Hall–Kier alpha value is -1.36. The van der Waals surface area contributed by atoms with Gasteiger partial charge in [0.05, 0.1) is 23.7 Å². The Kier molecular flexibility index (Phi) is 7.30. The lowest BCUT2D eigenvalue weighted by atomic mass is 10.2. The summed E-state index contributed by atoms with van der Waals surface area (Å²) in [6, 6.07) is 5.25. The number of nitrogens with one attached hydrogen (secondary N) is 1. The van der Waals surface area contributed by atoms with Crippen LogP contribution in [0.3, 0.4) is 0 Å². The molecule has 0 saturated carbocycles. The molecule has 0 aliphatic carbocycles. The van der Waals surface area contributed by atoms with Crippen LogP contribution in [0.5, 0.6) is 5.75 Å². The van der Waals surface area contributed by atoms with Crippen molar-refractivity contribution in [3.8, 4) is 5.75 Å². The maximum atomic E-state index is 12.1. The first-order chi connectivity index (χ1) is 9.58. The maximum absolute atomic E-state index is 12.1. The Balaban J connectivity index is 2.48. The number of nitrogens with two attached hydrogens (primary N) is 1. The number of anilines is 2. The monoisotopic (exact) mass is 296 g/mol. The maximum Gasteiger partial charge on any atom is 0.237 e. The lowest BCUT2D eigenvalue weighted by Crippen LogP contribution is -2.23. The van der Waals surface area contributed by atoms with Crippen molar-refractivity contribution in [3.63, 3.8) is 0 Å². The predicted molar refractivity (Wildman–Crippen MR) is 87.5 cm³/mol. The van der Waals surface area contributed by atoms with Gasteiger partial charge in [0.15, 0.2) is 0 Å². The van der Waals surface area contributed by atoms with Crippen molar-refractivity contribution >= 4 is 29.0 Å². The van der Waals surface area contributed by atoms with Crippen LogP contribution in [0.15, 0.2) is 18.2 Å². The van der Waals surface area contributed by atoms with Gasteiger partial charge in [-0.05, 0) is 31.2 Å². The number of thioether (sulfide) groups is 1. The molecule has 0 radical (unpaired) electrons. The van der Waals surface area contributed by atoms with Crippen LogP contribution in [0, 0.1) is 0 Å². The molecule has 0 heterocycles. The fourth-order valence-corrected chi connectivity index (χ4v) is 2.64. The molecule has 0 aliphatic rings. The van der Waals surface area contributed by atoms with Crippen molar-refractivity contribution in [1.29, 1.82) is 0 Å². The van der Waals surface area contributed by atoms with E-state index in [1.165, 1.54) is 12.8 Å². The minimum absolute atomic E-state index is 0.0108. The Morgan fingerprint density at radius 3 is 2.80 bits per heavy atom. The highest BCUT2D eigenvalue weighted by Crippen LogP contribution is 2.25. The second kappa shape index (κ2) is 8.74. The first-order valence-corrected chi connectivity index (χ1v) is 7.99. The van der Waals surface area contributed by atoms with Gasteiger partial charge in [0.1, 0.15) is 5.75 Å². The van der Waals surface area contributed by atoms with Gasteiger partial charge < -0.3 is 15.8 Å². The van der Waals surface area contributed by atoms with Gasteiger partial charge in [0, 0.05) is 6.07 Å². The number of carbonyl (C=O) groups excluding carboxylic acids is 1. The van der Waals surface area contributed by atoms with E-state index in [9.17, 15) is 4.79 Å². The van der Waals surface area contributed by atoms with Gasteiger partial charge in [-0.25, -0.2) is 0 Å². The standard InChI is InChI=1S/C15H24N2O2S/c1-4-5-6-9-20-11(2)15(18)17-14-8-7-12(19-3)10-13(14)16/h7-8,10-11H,4-6,9,16H2,1-3H3,(H,17,18). The first kappa shape index (κ1) is 16.7. The van der Waals surface area contributed by atoms with Crippen LogP contribution in [0.1, 0.15) is 33.1 Å². The van der Waals surface area contributed by atoms with Crippen LogP contribution in [0.4, 0.5) is 11.4 Å². The third-order valence-electron chi connectivity index (χ3n) is 3.00. The third kappa shape index (κ3) is 5.33. The Labute approximate surface area is 125 Å². The van der Waals surface area contributed by atoms with Crippen molar-refractivity contribution in [1.82, 2.24) is 0 Å². The van der Waals surface area contributed by atoms with E-state index < -0.39 is 0 Å². The smallest absolute Gasteiger partial charge is 0.237 e. The molecule has 0 spiro atoms. The second-order valence-electron chi connectivity index (χ2n) is 4.66. The molecule has 0 aliphatic heterocycles. The molecule has 0 fully saturated rings. The summed E-state index contributed by atoms with van der Waals surface area (Å²) in [5, 5.41) is 2.79. The molecule has 1 aromatic carbocycles. The summed E-state index contributed by atoms with van der Waals surface area (Å²) in [6.07, 6.45) is 3.57. The van der Waals surface area contributed by atoms with Gasteiger partial charge in [-0.1, -0.05) is 19.8 Å². The zero-order valence-corrected chi connectivity index (χ0v) is 13.3. The number of ether oxygens (including phenoxy) is 1. The fourth-order valence-electron chi connectivity index (χ4n) is 1.70. The van der Waals surface area contributed by atoms with E-state index in [-0.39, 0.29) is 11.2 Å². The number of rotatable bonds is 8. The number of unbranched alkanes of at least 4 members (excludes halogenated alkanes) is 2. The highest BCUT2D eigenvalue weighted by atomic mass is 32.2. The van der Waals surface area contributed by atoms with E-state index in [2.05, 4.69) is 12.2 Å². The quantitative estimate of drug-likeness (QED) is 0.569. The molecular formula is C15H24N2O2S. The van der Waals surface area contributed by atoms with Crippen molar-refractivity contribution in [2.45, 2.75) is 38.4 Å². The van der Waals surface area contributed by atoms with Gasteiger partial charge >= 0.3 is 0 Å². The third-order valence-corrected chi connectivity index (χ3v) is 4.24. The van der Waals surface area contributed by atoms with Crippen LogP contribution >= 0.6 is 11.8 Å². The number of hydrogen-bond donors (Lipinski definition) is 2. The van der Waals surface area contributed by atoms with Crippen LogP contribution in [-0.2, 0) is 4.79 Å². The van der Waals surface area contributed by atoms with E-state index in [0.29, 0.717) is 17.1 Å². The summed E-state index contributed by atoms with van der Waals surface area (Å²) in [7, 11) is 1.59. The SMILES string of the molecule is CCCCCSC(C)C(=O)Nc1ccc(OC)cc1N. The van der Waals surface area contributed by atoms with Gasteiger partial charge in [-0.15, -0.1) is 11.8 Å². The number of methoxy groups -OCH3 is 1. The van der Waals surface area contributed by atoms with Crippen LogP contribution in [0.25, 0.3) is 0 Å². The largest absolute Gasteiger partial charge is 0.497 e. The molecule has 0 aromatic heterocycles. The highest BCUT2D eigenvalue weighted by Gasteiger charge is 2.14. The molecule has 1 amide bonds. The van der Waals surface area contributed by atoms with Crippen molar-refractivity contribution in [3.05, 3.63) is 18.2 Å². The van der Waals surface area contributed by atoms with Crippen LogP contribution in [-0.4, -0.2) is 24.0 Å². The summed E-state index contributed by atoms with van der Waals surface area (Å²) < 4.78 is 5.08. The minimum Gasteiger partial charge on any atom is -0.497 e. The zero-order chi connectivity index (χ0) is 15.0. The van der Waals surface area contributed by atoms with E-state index in [0.717, 1.165) is 12.2 Å². The number of nitrogen functional groups attached to an aromatic ring is 1. The molecule has 1 rings (SSSR count). The van der Waals surface area contributed by atoms with E-state index in [4.69, 9.17) is 10.5 Å². The lowest BCUT2D eigenvalue weighted by molar-refractivity contribution is -0.115. The highest BCUT2D eigenvalue weighted by molar-refractivity contribution is 8.00. The minimum atomic E-state index is -0.0756. The Bertz CT molecular complexity index is 438. The Morgan fingerprint density at radius 2 is 2.20 bits per heavy atom. The molecule has 4 nitrogen and oxygen atoms in total. The van der Waals surface area contributed by atoms with E-state index in [1.54, 1.807) is 37.1 Å². The zero-order valence-electron chi connectivity index (χ0n) is 12.4. The summed E-state index contributed by atoms with van der Waals surface area (Å²) in [4.78, 5) is 12.1. The molecular weight excluding hydrogens is 272 g/mol. The molecule has 0 bridgehead atoms. The summed E-state index contributed by atoms with van der Waals surface area (Å²) in [5.41, 5.74) is 7.03. The van der Waals surface area contributed by atoms with Crippen molar-refractivity contribution < 1.29 is 9.53 Å². The molecule has 3 N–H and O–H groups in total. The first-order valence-electron chi connectivity index (χ1n) is 6.94. The van der Waals surface area contributed by atoms with Gasteiger partial charge in [-0.3, -0.25) is 4.79 Å². The van der Waals surface area contributed by atoms with E-state index >= 15 is 0 Å². The molecule has 0 saturated heterocycles. The molecule has 5 heteroatoms. The summed E-state index contributed by atoms with van der Waals surface area (Å²) in [5.74, 6) is 1.69. The molecule has 20 heavy (non-hydrogen) atoms. The van der Waals surface area contributed by atoms with Crippen LogP contribution in [0.2, 0.25) is 0 Å². The van der Waals surface area contributed by atoms with E-state index in [1.807, 2.05) is 6.92 Å². The van der Waals surface area contributed by atoms with Gasteiger partial charge in [0.2, 0.25) is 5.91 Å². The average Bonchev–Trinajstić information content (AvgIpc) is 2.45. The van der Waals surface area contributed by atoms with Crippen LogP contribution < -0.4 is 15.8 Å². The summed E-state index contributed by atoms with van der Waals surface area (Å²) >= 11 is 1.68. The summed E-state index contributed by atoms with van der Waals surface area (Å²) in [6.45, 7) is 4.10.